The second-order valence-corrected chi connectivity index (χ2v) is 5.35. The quantitative estimate of drug-likeness (QED) is 0.562. The Labute approximate surface area is 132 Å². The van der Waals surface area contributed by atoms with Crippen molar-refractivity contribution in [3.63, 3.8) is 0 Å². The minimum Gasteiger partial charge on any atom is -0.508 e. The second kappa shape index (κ2) is 5.25. The van der Waals surface area contributed by atoms with Gasteiger partial charge in [-0.3, -0.25) is 0 Å². The van der Waals surface area contributed by atoms with E-state index in [0.29, 0.717) is 11.2 Å². The number of aromatic amines is 1. The summed E-state index contributed by atoms with van der Waals surface area (Å²) in [4.78, 5) is 7.48. The predicted molar refractivity (Wildman–Crippen MR) is 88.6 cm³/mol. The number of nitrogens with zero attached hydrogens (tertiary/aromatic N) is 1. The monoisotopic (exact) mass is 304 g/mol. The van der Waals surface area contributed by atoms with Gasteiger partial charge in [0.2, 0.25) is 0 Å². The first kappa shape index (κ1) is 13.5. The first-order valence-corrected chi connectivity index (χ1v) is 7.24. The maximum atomic E-state index is 14.1. The van der Waals surface area contributed by atoms with Crippen LogP contribution < -0.4 is 0 Å². The zero-order chi connectivity index (χ0) is 15.8. The van der Waals surface area contributed by atoms with E-state index in [1.807, 2.05) is 18.2 Å². The molecule has 0 aliphatic heterocycles. The average Bonchev–Trinajstić information content (AvgIpc) is 2.98. The van der Waals surface area contributed by atoms with Crippen LogP contribution in [0, 0.1) is 5.82 Å². The molecule has 112 valence electrons. The van der Waals surface area contributed by atoms with Gasteiger partial charge in [-0.15, -0.1) is 0 Å². The number of halogens is 1. The Hall–Kier alpha value is -3.14. The summed E-state index contributed by atoms with van der Waals surface area (Å²) >= 11 is 0. The molecule has 4 heteroatoms. The Kier molecular flexibility index (Phi) is 3.08. The van der Waals surface area contributed by atoms with Gasteiger partial charge in [-0.2, -0.15) is 0 Å². The summed E-state index contributed by atoms with van der Waals surface area (Å²) in [6.45, 7) is 0. The molecule has 0 bridgehead atoms. The third kappa shape index (κ3) is 2.34. The maximum Gasteiger partial charge on any atom is 0.137 e. The molecule has 2 aromatic carbocycles. The Morgan fingerprint density at radius 3 is 2.61 bits per heavy atom. The van der Waals surface area contributed by atoms with E-state index in [1.54, 1.807) is 42.7 Å². The third-order valence-electron chi connectivity index (χ3n) is 3.87. The number of hydrogen-bond donors (Lipinski definition) is 2. The highest BCUT2D eigenvalue weighted by atomic mass is 19.1. The number of aromatic nitrogens is 2. The fourth-order valence-electron chi connectivity index (χ4n) is 2.75. The molecule has 0 amide bonds. The van der Waals surface area contributed by atoms with E-state index in [1.165, 1.54) is 6.07 Å². The van der Waals surface area contributed by atoms with E-state index in [2.05, 4.69) is 9.97 Å². The molecule has 4 aromatic rings. The first-order chi connectivity index (χ1) is 11.2. The molecule has 0 saturated carbocycles. The maximum absolute atomic E-state index is 14.1. The largest absolute Gasteiger partial charge is 0.508 e. The number of phenols is 1. The normalized spacial score (nSPS) is 11.0. The van der Waals surface area contributed by atoms with Crippen LogP contribution in [0.1, 0.15) is 0 Å². The number of nitrogens with one attached hydrogen (secondary N) is 1. The van der Waals surface area contributed by atoms with Gasteiger partial charge < -0.3 is 10.1 Å². The molecule has 4 rings (SSSR count). The highest BCUT2D eigenvalue weighted by Gasteiger charge is 2.12. The fraction of sp³-hybridized carbons (Fsp3) is 0. The smallest absolute Gasteiger partial charge is 0.137 e. The van der Waals surface area contributed by atoms with E-state index in [9.17, 15) is 9.50 Å². The highest BCUT2D eigenvalue weighted by molar-refractivity contribution is 5.95. The zero-order valence-corrected chi connectivity index (χ0v) is 12.1. The van der Waals surface area contributed by atoms with Crippen molar-refractivity contribution in [3.05, 3.63) is 72.8 Å². The molecule has 2 aromatic heterocycles. The molecule has 0 radical (unpaired) electrons. The van der Waals surface area contributed by atoms with Gasteiger partial charge in [0.15, 0.2) is 0 Å². The number of phenolic OH excluding ortho intramolecular Hbond substituents is 1. The standard InChI is InChI=1S/C19H13FN2O/c20-18-7-2-1-6-15(18)17-11-22-19-16(17)9-13(10-21-19)12-4-3-5-14(23)8-12/h1-11,23H,(H,21,22). The van der Waals surface area contributed by atoms with Crippen LogP contribution in [0.25, 0.3) is 33.3 Å². The van der Waals surface area contributed by atoms with Crippen LogP contribution in [-0.2, 0) is 0 Å². The lowest BCUT2D eigenvalue weighted by Crippen LogP contribution is -1.84. The van der Waals surface area contributed by atoms with E-state index in [4.69, 9.17) is 0 Å². The van der Waals surface area contributed by atoms with Crippen LogP contribution in [0.5, 0.6) is 5.75 Å². The highest BCUT2D eigenvalue weighted by Crippen LogP contribution is 2.32. The fourth-order valence-corrected chi connectivity index (χ4v) is 2.75. The van der Waals surface area contributed by atoms with E-state index < -0.39 is 0 Å². The molecule has 23 heavy (non-hydrogen) atoms. The van der Waals surface area contributed by atoms with Crippen LogP contribution in [0.15, 0.2) is 67.0 Å². The lowest BCUT2D eigenvalue weighted by Gasteiger charge is -2.04. The molecule has 0 fully saturated rings. The molecule has 0 aliphatic carbocycles. The topological polar surface area (TPSA) is 48.9 Å². The van der Waals surface area contributed by atoms with Gasteiger partial charge in [-0.25, -0.2) is 9.37 Å². The summed E-state index contributed by atoms with van der Waals surface area (Å²) in [6.07, 6.45) is 3.50. The van der Waals surface area contributed by atoms with Crippen LogP contribution >= 0.6 is 0 Å². The molecule has 0 saturated heterocycles. The summed E-state index contributed by atoms with van der Waals surface area (Å²) in [5, 5.41) is 10.5. The molecule has 0 unspecified atom stereocenters. The van der Waals surface area contributed by atoms with Crippen molar-refractivity contribution in [1.29, 1.82) is 0 Å². The molecule has 2 heterocycles. The SMILES string of the molecule is Oc1cccc(-c2cnc3[nH]cc(-c4ccccc4F)c3c2)c1. The van der Waals surface area contributed by atoms with Crippen molar-refractivity contribution >= 4 is 11.0 Å². The van der Waals surface area contributed by atoms with Crippen LogP contribution in [0.2, 0.25) is 0 Å². The zero-order valence-electron chi connectivity index (χ0n) is 12.1. The van der Waals surface area contributed by atoms with Crippen molar-refractivity contribution in [3.8, 4) is 28.0 Å². The van der Waals surface area contributed by atoms with Crippen LogP contribution in [-0.4, -0.2) is 15.1 Å². The van der Waals surface area contributed by atoms with Gasteiger partial charge >= 0.3 is 0 Å². The van der Waals surface area contributed by atoms with Gasteiger partial charge in [0.25, 0.3) is 0 Å². The van der Waals surface area contributed by atoms with Crippen molar-refractivity contribution < 1.29 is 9.50 Å². The van der Waals surface area contributed by atoms with E-state index in [0.717, 1.165) is 22.1 Å². The summed E-state index contributed by atoms with van der Waals surface area (Å²) in [7, 11) is 0. The van der Waals surface area contributed by atoms with Crippen molar-refractivity contribution in [2.45, 2.75) is 0 Å². The van der Waals surface area contributed by atoms with Gasteiger partial charge in [0.1, 0.15) is 17.2 Å². The first-order valence-electron chi connectivity index (χ1n) is 7.24. The summed E-state index contributed by atoms with van der Waals surface area (Å²) in [5.41, 5.74) is 3.74. The molecule has 0 atom stereocenters. The minimum absolute atomic E-state index is 0.200. The van der Waals surface area contributed by atoms with Crippen molar-refractivity contribution in [2.75, 3.05) is 0 Å². The Morgan fingerprint density at radius 2 is 1.78 bits per heavy atom. The Bertz CT molecular complexity index is 1010. The third-order valence-corrected chi connectivity index (χ3v) is 3.87. The minimum atomic E-state index is -0.267. The summed E-state index contributed by atoms with van der Waals surface area (Å²) in [6, 6.07) is 15.6. The van der Waals surface area contributed by atoms with Crippen LogP contribution in [0.3, 0.4) is 0 Å². The number of fused-ring (bicyclic) bond motifs is 1. The van der Waals surface area contributed by atoms with Gasteiger partial charge in [0.05, 0.1) is 0 Å². The predicted octanol–water partition coefficient (Wildman–Crippen LogP) is 4.74. The lowest BCUT2D eigenvalue weighted by atomic mass is 10.0. The number of aromatic hydroxyl groups is 1. The number of benzene rings is 2. The van der Waals surface area contributed by atoms with Gasteiger partial charge in [-0.1, -0.05) is 30.3 Å². The molecular formula is C19H13FN2O. The average molecular weight is 304 g/mol. The number of H-pyrrole nitrogens is 1. The Morgan fingerprint density at radius 1 is 0.913 bits per heavy atom. The van der Waals surface area contributed by atoms with Gasteiger partial charge in [0, 0.05) is 34.5 Å². The van der Waals surface area contributed by atoms with E-state index >= 15 is 0 Å². The Balaban J connectivity index is 1.92. The van der Waals surface area contributed by atoms with Crippen molar-refractivity contribution in [1.82, 2.24) is 9.97 Å². The molecule has 3 nitrogen and oxygen atoms in total. The summed E-state index contributed by atoms with van der Waals surface area (Å²) in [5.74, 6) is -0.0675. The van der Waals surface area contributed by atoms with E-state index in [-0.39, 0.29) is 11.6 Å². The number of rotatable bonds is 2. The molecule has 0 aliphatic rings. The number of hydrogen-bond acceptors (Lipinski definition) is 2. The second-order valence-electron chi connectivity index (χ2n) is 5.35. The molecule has 0 spiro atoms. The molecular weight excluding hydrogens is 291 g/mol. The summed E-state index contributed by atoms with van der Waals surface area (Å²) < 4.78 is 14.1. The molecule has 2 N–H and O–H groups in total. The number of pyridine rings is 1. The lowest BCUT2D eigenvalue weighted by molar-refractivity contribution is 0.475. The van der Waals surface area contributed by atoms with Crippen LogP contribution in [0.4, 0.5) is 4.39 Å². The van der Waals surface area contributed by atoms with Crippen molar-refractivity contribution in [2.24, 2.45) is 0 Å². The van der Waals surface area contributed by atoms with Gasteiger partial charge in [-0.05, 0) is 29.8 Å².